The Bertz CT molecular complexity index is 258. The van der Waals surface area contributed by atoms with Crippen molar-refractivity contribution in [2.75, 3.05) is 0 Å². The van der Waals surface area contributed by atoms with Crippen LogP contribution in [0.15, 0.2) is 30.3 Å². The van der Waals surface area contributed by atoms with E-state index in [1.54, 1.807) is 0 Å². The summed E-state index contributed by atoms with van der Waals surface area (Å²) in [5.74, 6) is 0. The Morgan fingerprint density at radius 3 is 1.50 bits per heavy atom. The van der Waals surface area contributed by atoms with E-state index in [4.69, 9.17) is 5.32 Å². The van der Waals surface area contributed by atoms with Crippen molar-refractivity contribution in [2.24, 2.45) is 0 Å². The molecule has 0 aromatic heterocycles. The second-order valence-corrected chi connectivity index (χ2v) is 5.67. The maximum absolute atomic E-state index is 4.75. The molecule has 100 valence electrons. The fraction of sp³-hybridized carbons (Fsp3) is 0.600. The molecular formula is C15H23CuLiN. The summed E-state index contributed by atoms with van der Waals surface area (Å²) in [7, 11) is 0. The van der Waals surface area contributed by atoms with E-state index < -0.39 is 0 Å². The normalized spacial score (nSPS) is 19.3. The maximum Gasteiger partial charge on any atom is 1.00 e. The molecule has 1 aliphatic rings. The first-order valence-electron chi connectivity index (χ1n) is 6.07. The van der Waals surface area contributed by atoms with E-state index in [0.717, 1.165) is 0 Å². The van der Waals surface area contributed by atoms with E-state index in [1.165, 1.54) is 19.3 Å². The minimum absolute atomic E-state index is 0. The van der Waals surface area contributed by atoms with Crippen molar-refractivity contribution in [2.45, 2.75) is 58.0 Å². The van der Waals surface area contributed by atoms with E-state index in [0.29, 0.717) is 0 Å². The molecule has 1 aromatic rings. The molecule has 0 spiro atoms. The quantitative estimate of drug-likeness (QED) is 0.508. The molecule has 2 rings (SSSR count). The van der Waals surface area contributed by atoms with Gasteiger partial charge in [0.15, 0.2) is 0 Å². The van der Waals surface area contributed by atoms with E-state index in [1.807, 2.05) is 30.3 Å². The number of hydrogen-bond donors (Lipinski definition) is 0. The zero-order valence-electron chi connectivity index (χ0n) is 12.3. The van der Waals surface area contributed by atoms with Gasteiger partial charge in [0.05, 0.1) is 0 Å². The van der Waals surface area contributed by atoms with Crippen molar-refractivity contribution in [3.63, 3.8) is 0 Å². The molecule has 0 unspecified atom stereocenters. The fourth-order valence-corrected chi connectivity index (χ4v) is 2.23. The summed E-state index contributed by atoms with van der Waals surface area (Å²) in [6.07, 6.45) is 3.86. The smallest absolute Gasteiger partial charge is 0.652 e. The van der Waals surface area contributed by atoms with Crippen LogP contribution in [-0.4, -0.2) is 11.1 Å². The Morgan fingerprint density at radius 1 is 0.889 bits per heavy atom. The molecular weight excluding hydrogens is 265 g/mol. The van der Waals surface area contributed by atoms with E-state index in [2.05, 4.69) is 33.8 Å². The van der Waals surface area contributed by atoms with Gasteiger partial charge < -0.3 is 5.32 Å². The number of hydrogen-bond acceptors (Lipinski definition) is 0. The third-order valence-corrected chi connectivity index (χ3v) is 2.79. The van der Waals surface area contributed by atoms with Gasteiger partial charge in [-0.1, -0.05) is 47.0 Å². The van der Waals surface area contributed by atoms with Crippen molar-refractivity contribution in [3.05, 3.63) is 41.7 Å². The Kier molecular flexibility index (Phi) is 10.6. The van der Waals surface area contributed by atoms with Crippen LogP contribution in [0.2, 0.25) is 0 Å². The predicted octanol–water partition coefficient (Wildman–Crippen LogP) is 1.59. The zero-order chi connectivity index (χ0) is 12.1. The van der Waals surface area contributed by atoms with Crippen molar-refractivity contribution in [1.82, 2.24) is 0 Å². The van der Waals surface area contributed by atoms with Gasteiger partial charge in [-0.25, -0.2) is 0 Å². The van der Waals surface area contributed by atoms with Gasteiger partial charge >= 0.3 is 35.9 Å². The summed E-state index contributed by atoms with van der Waals surface area (Å²) in [5.41, 5.74) is 0.476. The van der Waals surface area contributed by atoms with Crippen LogP contribution in [0.5, 0.6) is 0 Å². The van der Waals surface area contributed by atoms with Gasteiger partial charge in [0.25, 0.3) is 0 Å². The van der Waals surface area contributed by atoms with Crippen LogP contribution in [-0.2, 0) is 17.1 Å². The van der Waals surface area contributed by atoms with Gasteiger partial charge in [0, 0.05) is 0 Å². The van der Waals surface area contributed by atoms with Crippen LogP contribution in [0, 0.1) is 6.07 Å². The predicted molar refractivity (Wildman–Crippen MR) is 70.6 cm³/mol. The van der Waals surface area contributed by atoms with Crippen LogP contribution in [0.4, 0.5) is 0 Å². The monoisotopic (exact) mass is 287 g/mol. The Balaban J connectivity index is 0. The molecule has 18 heavy (non-hydrogen) atoms. The molecule has 0 radical (unpaired) electrons. The van der Waals surface area contributed by atoms with Crippen molar-refractivity contribution in [3.8, 4) is 0 Å². The Hall–Kier alpha value is 0.297. The molecule has 3 heteroatoms. The molecule has 1 fully saturated rings. The number of piperidine rings is 1. The number of benzene rings is 1. The number of nitrogens with zero attached hydrogens (tertiary/aromatic N) is 1. The molecule has 0 atom stereocenters. The molecule has 1 aliphatic heterocycles. The summed E-state index contributed by atoms with van der Waals surface area (Å²) < 4.78 is 0. The summed E-state index contributed by atoms with van der Waals surface area (Å²) in [4.78, 5) is 0. The Labute approximate surface area is 135 Å². The van der Waals surface area contributed by atoms with E-state index in [-0.39, 0.29) is 47.0 Å². The Morgan fingerprint density at radius 2 is 1.33 bits per heavy atom. The van der Waals surface area contributed by atoms with E-state index >= 15 is 0 Å². The SMILES string of the molecule is CC1(C)CCCC(C)(C)[N-]1.[Cu+].[Li+].[c-]1ccccc1. The molecule has 1 nitrogen and oxygen atoms in total. The topological polar surface area (TPSA) is 14.1 Å². The van der Waals surface area contributed by atoms with Gasteiger partial charge in [0.1, 0.15) is 0 Å². The third-order valence-electron chi connectivity index (χ3n) is 2.79. The van der Waals surface area contributed by atoms with Gasteiger partial charge in [-0.05, 0) is 0 Å². The summed E-state index contributed by atoms with van der Waals surface area (Å²) >= 11 is 0. The summed E-state index contributed by atoms with van der Waals surface area (Å²) in [6.45, 7) is 8.92. The first-order chi connectivity index (χ1) is 7.41. The van der Waals surface area contributed by atoms with E-state index in [9.17, 15) is 0 Å². The van der Waals surface area contributed by atoms with Crippen molar-refractivity contribution < 1.29 is 35.9 Å². The average Bonchev–Trinajstić information content (AvgIpc) is 2.17. The van der Waals surface area contributed by atoms with Crippen molar-refractivity contribution in [1.29, 1.82) is 0 Å². The molecule has 1 heterocycles. The summed E-state index contributed by atoms with van der Waals surface area (Å²) in [5, 5.41) is 4.75. The first-order valence-corrected chi connectivity index (χ1v) is 6.07. The molecule has 1 saturated heterocycles. The molecule has 0 N–H and O–H groups in total. The molecule has 0 amide bonds. The number of rotatable bonds is 0. The largest absolute Gasteiger partial charge is 1.00 e. The fourth-order valence-electron chi connectivity index (χ4n) is 2.23. The molecule has 1 aromatic carbocycles. The van der Waals surface area contributed by atoms with Gasteiger partial charge in [0.2, 0.25) is 0 Å². The molecule has 0 bridgehead atoms. The average molecular weight is 288 g/mol. The molecule has 0 aliphatic carbocycles. The van der Waals surface area contributed by atoms with Gasteiger partial charge in [-0.15, -0.1) is 11.1 Å². The maximum atomic E-state index is 4.75. The van der Waals surface area contributed by atoms with Crippen LogP contribution in [0.1, 0.15) is 47.0 Å². The standard InChI is InChI=1S/C9H18N.C6H5.Cu.Li/c1-8(2)6-5-7-9(3,4)10-8;1-2-4-6-5-3-1;;/h5-7H2,1-4H3;1-5H;;/q2*-1;2*+1. The van der Waals surface area contributed by atoms with Crippen LogP contribution in [0.3, 0.4) is 0 Å². The minimum atomic E-state index is 0. The van der Waals surface area contributed by atoms with Crippen molar-refractivity contribution >= 4 is 0 Å². The summed E-state index contributed by atoms with van der Waals surface area (Å²) in [6, 6.07) is 12.5. The zero-order valence-corrected chi connectivity index (χ0v) is 13.2. The van der Waals surface area contributed by atoms with Gasteiger partial charge in [-0.3, -0.25) is 0 Å². The van der Waals surface area contributed by atoms with Crippen LogP contribution < -0.4 is 18.9 Å². The third kappa shape index (κ3) is 9.26. The molecule has 0 saturated carbocycles. The minimum Gasteiger partial charge on any atom is -0.652 e. The van der Waals surface area contributed by atoms with Crippen LogP contribution in [0.25, 0.3) is 5.32 Å². The van der Waals surface area contributed by atoms with Crippen LogP contribution >= 0.6 is 0 Å². The van der Waals surface area contributed by atoms with Gasteiger partial charge in [-0.2, -0.15) is 36.4 Å². The first kappa shape index (κ1) is 20.6. The second-order valence-electron chi connectivity index (χ2n) is 5.67. The second kappa shape index (κ2) is 9.24.